The quantitative estimate of drug-likeness (QED) is 0.598. The molecule has 0 aliphatic carbocycles. The Morgan fingerprint density at radius 1 is 1.53 bits per heavy atom. The SMILES string of the molecule is CCOC(COc1ccc([N+](=O)[O-])c(C)c1)C(=O)O. The Hall–Kier alpha value is -2.15. The molecule has 0 saturated heterocycles. The number of aryl methyl sites for hydroxylation is 1. The molecule has 0 spiro atoms. The molecule has 0 amide bonds. The number of ether oxygens (including phenoxy) is 2. The van der Waals surface area contributed by atoms with Gasteiger partial charge in [0.1, 0.15) is 12.4 Å². The molecule has 1 rings (SSSR count). The number of nitro benzene ring substituents is 1. The minimum atomic E-state index is -1.11. The minimum absolute atomic E-state index is 0.00746. The summed E-state index contributed by atoms with van der Waals surface area (Å²) in [6.45, 7) is 3.38. The molecule has 0 aliphatic rings. The zero-order valence-corrected chi connectivity index (χ0v) is 10.7. The number of aliphatic carboxylic acids is 1. The van der Waals surface area contributed by atoms with Crippen LogP contribution in [0.4, 0.5) is 5.69 Å². The van der Waals surface area contributed by atoms with Gasteiger partial charge in [0.05, 0.1) is 4.92 Å². The molecule has 0 heterocycles. The molecule has 7 heteroatoms. The number of benzene rings is 1. The Labute approximate surface area is 109 Å². The molecule has 0 aromatic heterocycles. The monoisotopic (exact) mass is 269 g/mol. The van der Waals surface area contributed by atoms with Crippen molar-refractivity contribution in [2.75, 3.05) is 13.2 Å². The number of nitrogens with zero attached hydrogens (tertiary/aromatic N) is 1. The van der Waals surface area contributed by atoms with Crippen LogP contribution in [0.1, 0.15) is 12.5 Å². The minimum Gasteiger partial charge on any atom is -0.490 e. The third-order valence-corrected chi connectivity index (χ3v) is 2.41. The summed E-state index contributed by atoms with van der Waals surface area (Å²) < 4.78 is 10.3. The predicted octanol–water partition coefficient (Wildman–Crippen LogP) is 1.77. The molecule has 19 heavy (non-hydrogen) atoms. The molecule has 0 radical (unpaired) electrons. The van der Waals surface area contributed by atoms with E-state index in [0.717, 1.165) is 0 Å². The van der Waals surface area contributed by atoms with Crippen LogP contribution < -0.4 is 4.74 Å². The van der Waals surface area contributed by atoms with Crippen LogP contribution in [0.15, 0.2) is 18.2 Å². The van der Waals surface area contributed by atoms with E-state index in [-0.39, 0.29) is 18.9 Å². The fourth-order valence-electron chi connectivity index (χ4n) is 1.49. The Morgan fingerprint density at radius 2 is 2.21 bits per heavy atom. The van der Waals surface area contributed by atoms with E-state index in [9.17, 15) is 14.9 Å². The summed E-state index contributed by atoms with van der Waals surface area (Å²) in [4.78, 5) is 21.0. The van der Waals surface area contributed by atoms with Crippen molar-refractivity contribution in [1.82, 2.24) is 0 Å². The van der Waals surface area contributed by atoms with Crippen LogP contribution in [0.3, 0.4) is 0 Å². The first kappa shape index (κ1) is 14.9. The van der Waals surface area contributed by atoms with E-state index in [0.29, 0.717) is 11.3 Å². The smallest absolute Gasteiger partial charge is 0.336 e. The fourth-order valence-corrected chi connectivity index (χ4v) is 1.49. The van der Waals surface area contributed by atoms with Crippen molar-refractivity contribution in [3.05, 3.63) is 33.9 Å². The Morgan fingerprint density at radius 3 is 2.68 bits per heavy atom. The number of hydrogen-bond acceptors (Lipinski definition) is 5. The summed E-state index contributed by atoms with van der Waals surface area (Å²) in [5.41, 5.74) is 0.442. The predicted molar refractivity (Wildman–Crippen MR) is 66.4 cm³/mol. The van der Waals surface area contributed by atoms with Gasteiger partial charge in [-0.25, -0.2) is 4.79 Å². The summed E-state index contributed by atoms with van der Waals surface area (Å²) >= 11 is 0. The summed E-state index contributed by atoms with van der Waals surface area (Å²) in [5, 5.41) is 19.5. The van der Waals surface area contributed by atoms with Gasteiger partial charge >= 0.3 is 5.97 Å². The maximum absolute atomic E-state index is 10.8. The topological polar surface area (TPSA) is 98.9 Å². The molecule has 1 aromatic rings. The summed E-state index contributed by atoms with van der Waals surface area (Å²) in [5.74, 6) is -0.741. The highest BCUT2D eigenvalue weighted by atomic mass is 16.6. The molecule has 0 aliphatic heterocycles. The van der Waals surface area contributed by atoms with Crippen molar-refractivity contribution in [2.24, 2.45) is 0 Å². The van der Waals surface area contributed by atoms with E-state index in [1.807, 2.05) is 0 Å². The number of carboxylic acid groups (broad SMARTS) is 1. The lowest BCUT2D eigenvalue weighted by atomic mass is 10.2. The molecular weight excluding hydrogens is 254 g/mol. The average molecular weight is 269 g/mol. The van der Waals surface area contributed by atoms with E-state index in [1.54, 1.807) is 13.8 Å². The van der Waals surface area contributed by atoms with E-state index in [2.05, 4.69) is 0 Å². The Kier molecular flexibility index (Phi) is 5.25. The lowest BCUT2D eigenvalue weighted by molar-refractivity contribution is -0.385. The second-order valence-corrected chi connectivity index (χ2v) is 3.80. The maximum Gasteiger partial charge on any atom is 0.336 e. The van der Waals surface area contributed by atoms with Gasteiger partial charge < -0.3 is 14.6 Å². The molecule has 104 valence electrons. The highest BCUT2D eigenvalue weighted by molar-refractivity contribution is 5.72. The molecule has 0 saturated carbocycles. The van der Waals surface area contributed by atoms with Gasteiger partial charge in [-0.3, -0.25) is 10.1 Å². The Balaban J connectivity index is 2.70. The Bertz CT molecular complexity index is 473. The summed E-state index contributed by atoms with van der Waals surface area (Å²) in [6, 6.07) is 4.24. The first-order valence-electron chi connectivity index (χ1n) is 5.68. The van der Waals surface area contributed by atoms with Gasteiger partial charge in [0.2, 0.25) is 0 Å². The normalized spacial score (nSPS) is 11.9. The second-order valence-electron chi connectivity index (χ2n) is 3.80. The highest BCUT2D eigenvalue weighted by Crippen LogP contribution is 2.23. The van der Waals surface area contributed by atoms with E-state index < -0.39 is 17.0 Å². The van der Waals surface area contributed by atoms with Gasteiger partial charge in [0.25, 0.3) is 5.69 Å². The molecule has 1 aromatic carbocycles. The molecule has 0 fully saturated rings. The van der Waals surface area contributed by atoms with Crippen molar-refractivity contribution >= 4 is 11.7 Å². The molecule has 0 bridgehead atoms. The largest absolute Gasteiger partial charge is 0.490 e. The first-order chi connectivity index (χ1) is 8.95. The van der Waals surface area contributed by atoms with Crippen LogP contribution in [0.5, 0.6) is 5.75 Å². The van der Waals surface area contributed by atoms with Crippen molar-refractivity contribution in [3.8, 4) is 5.75 Å². The number of hydrogen-bond donors (Lipinski definition) is 1. The van der Waals surface area contributed by atoms with Crippen molar-refractivity contribution in [3.63, 3.8) is 0 Å². The van der Waals surface area contributed by atoms with E-state index in [1.165, 1.54) is 18.2 Å². The third kappa shape index (κ3) is 4.22. The van der Waals surface area contributed by atoms with Crippen LogP contribution in [0.25, 0.3) is 0 Å². The second kappa shape index (κ2) is 6.69. The van der Waals surface area contributed by atoms with Crippen molar-refractivity contribution < 1.29 is 24.3 Å². The standard InChI is InChI=1S/C12H15NO6/c1-3-18-11(12(14)15)7-19-9-4-5-10(13(16)17)8(2)6-9/h4-6,11H,3,7H2,1-2H3,(H,14,15). The summed E-state index contributed by atoms with van der Waals surface area (Å²) in [6.07, 6.45) is -1.06. The zero-order chi connectivity index (χ0) is 14.4. The van der Waals surface area contributed by atoms with Crippen LogP contribution in [0.2, 0.25) is 0 Å². The lowest BCUT2D eigenvalue weighted by Crippen LogP contribution is -2.30. The molecule has 7 nitrogen and oxygen atoms in total. The molecule has 1 N–H and O–H groups in total. The average Bonchev–Trinajstić information content (AvgIpc) is 2.33. The van der Waals surface area contributed by atoms with Gasteiger partial charge in [-0.15, -0.1) is 0 Å². The number of rotatable bonds is 7. The van der Waals surface area contributed by atoms with Gasteiger partial charge in [0, 0.05) is 18.2 Å². The fraction of sp³-hybridized carbons (Fsp3) is 0.417. The van der Waals surface area contributed by atoms with Crippen molar-refractivity contribution in [2.45, 2.75) is 20.0 Å². The third-order valence-electron chi connectivity index (χ3n) is 2.41. The first-order valence-corrected chi connectivity index (χ1v) is 5.68. The molecular formula is C12H15NO6. The van der Waals surface area contributed by atoms with Crippen molar-refractivity contribution in [1.29, 1.82) is 0 Å². The number of carbonyl (C=O) groups is 1. The van der Waals surface area contributed by atoms with Gasteiger partial charge in [-0.05, 0) is 26.0 Å². The van der Waals surface area contributed by atoms with Gasteiger partial charge in [-0.1, -0.05) is 0 Å². The molecule has 1 atom stereocenters. The number of carboxylic acids is 1. The van der Waals surface area contributed by atoms with Gasteiger partial charge in [0.15, 0.2) is 6.10 Å². The highest BCUT2D eigenvalue weighted by Gasteiger charge is 2.19. The molecule has 1 unspecified atom stereocenters. The zero-order valence-electron chi connectivity index (χ0n) is 10.7. The van der Waals surface area contributed by atoms with Gasteiger partial charge in [-0.2, -0.15) is 0 Å². The van der Waals surface area contributed by atoms with E-state index in [4.69, 9.17) is 14.6 Å². The van der Waals surface area contributed by atoms with Crippen LogP contribution >= 0.6 is 0 Å². The number of nitro groups is 1. The summed E-state index contributed by atoms with van der Waals surface area (Å²) in [7, 11) is 0. The van der Waals surface area contributed by atoms with Crippen LogP contribution in [0, 0.1) is 17.0 Å². The maximum atomic E-state index is 10.8. The van der Waals surface area contributed by atoms with E-state index >= 15 is 0 Å². The lowest BCUT2D eigenvalue weighted by Gasteiger charge is -2.13. The van der Waals surface area contributed by atoms with Crippen LogP contribution in [-0.4, -0.2) is 35.3 Å². The van der Waals surface area contributed by atoms with Crippen LogP contribution in [-0.2, 0) is 9.53 Å².